The van der Waals surface area contributed by atoms with Gasteiger partial charge in [0.15, 0.2) is 5.78 Å². The highest BCUT2D eigenvalue weighted by Crippen LogP contribution is 2.37. The average Bonchev–Trinajstić information content (AvgIpc) is 2.46. The van der Waals surface area contributed by atoms with E-state index in [1.165, 1.54) is 0 Å². The summed E-state index contributed by atoms with van der Waals surface area (Å²) in [5.74, 6) is -0.595. The second kappa shape index (κ2) is 5.30. The van der Waals surface area contributed by atoms with Crippen molar-refractivity contribution < 1.29 is 19.4 Å². The zero-order valence-electron chi connectivity index (χ0n) is 12.2. The molecule has 22 heavy (non-hydrogen) atoms. The van der Waals surface area contributed by atoms with Crippen LogP contribution in [0.4, 0.5) is 0 Å². The molecular weight excluding hydrogens is 280 g/mol. The van der Waals surface area contributed by atoms with Crippen molar-refractivity contribution >= 4 is 11.8 Å². The monoisotopic (exact) mass is 296 g/mol. The van der Waals surface area contributed by atoms with Gasteiger partial charge in [0.1, 0.15) is 11.4 Å². The Hall–Kier alpha value is -2.62. The van der Waals surface area contributed by atoms with Crippen LogP contribution in [0.1, 0.15) is 30.1 Å². The summed E-state index contributed by atoms with van der Waals surface area (Å²) in [7, 11) is 0. The van der Waals surface area contributed by atoms with Crippen LogP contribution in [-0.4, -0.2) is 22.5 Å². The first kappa shape index (κ1) is 14.3. The Morgan fingerprint density at radius 2 is 1.91 bits per heavy atom. The van der Waals surface area contributed by atoms with E-state index < -0.39 is 11.6 Å². The van der Waals surface area contributed by atoms with Crippen LogP contribution in [0.2, 0.25) is 0 Å². The Morgan fingerprint density at radius 3 is 2.59 bits per heavy atom. The summed E-state index contributed by atoms with van der Waals surface area (Å²) >= 11 is 0. The van der Waals surface area contributed by atoms with E-state index in [9.17, 15) is 9.59 Å². The van der Waals surface area contributed by atoms with Crippen molar-refractivity contribution in [1.29, 1.82) is 0 Å². The summed E-state index contributed by atoms with van der Waals surface area (Å²) in [6.07, 6.45) is -0.122. The molecule has 4 heteroatoms. The van der Waals surface area contributed by atoms with E-state index in [0.717, 1.165) is 11.1 Å². The molecule has 2 aromatic carbocycles. The van der Waals surface area contributed by atoms with Gasteiger partial charge in [-0.05, 0) is 30.2 Å². The molecule has 1 N–H and O–H groups in total. The molecule has 0 spiro atoms. The van der Waals surface area contributed by atoms with E-state index in [4.69, 9.17) is 9.84 Å². The molecule has 3 rings (SSSR count). The number of carboxylic acids is 1. The van der Waals surface area contributed by atoms with E-state index in [2.05, 4.69) is 0 Å². The molecule has 0 amide bonds. The van der Waals surface area contributed by atoms with Crippen LogP contribution in [0.3, 0.4) is 0 Å². The molecular formula is C18H16O4. The standard InChI is InChI=1S/C18H16O4/c1-18(11-17(20)21)10-15(19)14-9-13(7-8-16(14)22-18)12-5-3-2-4-6-12/h2-9H,10-11H2,1H3,(H,20,21). The maximum absolute atomic E-state index is 12.4. The molecule has 0 saturated heterocycles. The second-order valence-corrected chi connectivity index (χ2v) is 5.80. The summed E-state index contributed by atoms with van der Waals surface area (Å²) in [6.45, 7) is 1.66. The first-order valence-corrected chi connectivity index (χ1v) is 7.10. The van der Waals surface area contributed by atoms with Crippen LogP contribution in [0, 0.1) is 0 Å². The molecule has 0 saturated carbocycles. The van der Waals surface area contributed by atoms with Gasteiger partial charge < -0.3 is 9.84 Å². The van der Waals surface area contributed by atoms with E-state index in [0.29, 0.717) is 11.3 Å². The number of fused-ring (bicyclic) bond motifs is 1. The SMILES string of the molecule is CC1(CC(=O)O)CC(=O)c2cc(-c3ccccc3)ccc2O1. The third kappa shape index (κ3) is 2.72. The summed E-state index contributed by atoms with van der Waals surface area (Å²) in [4.78, 5) is 23.3. The van der Waals surface area contributed by atoms with Crippen LogP contribution < -0.4 is 4.74 Å². The van der Waals surface area contributed by atoms with Crippen LogP contribution in [0.25, 0.3) is 11.1 Å². The Bertz CT molecular complexity index is 736. The van der Waals surface area contributed by atoms with E-state index in [1.54, 1.807) is 13.0 Å². The van der Waals surface area contributed by atoms with Crippen LogP contribution in [0.15, 0.2) is 48.5 Å². The Morgan fingerprint density at radius 1 is 1.18 bits per heavy atom. The van der Waals surface area contributed by atoms with Gasteiger partial charge in [0.05, 0.1) is 18.4 Å². The maximum Gasteiger partial charge on any atom is 0.307 e. The van der Waals surface area contributed by atoms with Gasteiger partial charge in [-0.3, -0.25) is 9.59 Å². The zero-order chi connectivity index (χ0) is 15.7. The molecule has 0 fully saturated rings. The van der Waals surface area contributed by atoms with Gasteiger partial charge in [-0.2, -0.15) is 0 Å². The molecule has 0 bridgehead atoms. The van der Waals surface area contributed by atoms with Gasteiger partial charge in [0.25, 0.3) is 0 Å². The minimum atomic E-state index is -0.982. The fourth-order valence-electron chi connectivity index (χ4n) is 2.80. The first-order chi connectivity index (χ1) is 10.5. The minimum absolute atomic E-state index is 0.0740. The van der Waals surface area contributed by atoms with Crippen molar-refractivity contribution in [3.05, 3.63) is 54.1 Å². The first-order valence-electron chi connectivity index (χ1n) is 7.10. The number of Topliss-reactive ketones (excluding diaryl/α,β-unsaturated/α-hetero) is 1. The van der Waals surface area contributed by atoms with Crippen molar-refractivity contribution in [3.63, 3.8) is 0 Å². The predicted molar refractivity (Wildman–Crippen MR) is 82.1 cm³/mol. The quantitative estimate of drug-likeness (QED) is 0.940. The van der Waals surface area contributed by atoms with Crippen LogP contribution in [-0.2, 0) is 4.79 Å². The van der Waals surface area contributed by atoms with Gasteiger partial charge in [-0.1, -0.05) is 36.4 Å². The molecule has 1 aliphatic rings. The molecule has 1 heterocycles. The lowest BCUT2D eigenvalue weighted by Crippen LogP contribution is -2.41. The van der Waals surface area contributed by atoms with Crippen molar-refractivity contribution in [2.75, 3.05) is 0 Å². The van der Waals surface area contributed by atoms with E-state index in [1.807, 2.05) is 42.5 Å². The number of hydrogen-bond acceptors (Lipinski definition) is 3. The fourth-order valence-corrected chi connectivity index (χ4v) is 2.80. The van der Waals surface area contributed by atoms with E-state index in [-0.39, 0.29) is 18.6 Å². The van der Waals surface area contributed by atoms with Gasteiger partial charge in [-0.25, -0.2) is 0 Å². The number of aliphatic carboxylic acids is 1. The number of carboxylic acid groups (broad SMARTS) is 1. The van der Waals surface area contributed by atoms with Crippen molar-refractivity contribution in [2.45, 2.75) is 25.4 Å². The molecule has 0 aromatic heterocycles. The third-order valence-electron chi connectivity index (χ3n) is 3.80. The largest absolute Gasteiger partial charge is 0.486 e. The lowest BCUT2D eigenvalue weighted by Gasteiger charge is -2.33. The lowest BCUT2D eigenvalue weighted by molar-refractivity contribution is -0.141. The summed E-state index contributed by atoms with van der Waals surface area (Å²) in [6, 6.07) is 15.2. The maximum atomic E-state index is 12.4. The number of rotatable bonds is 3. The van der Waals surface area contributed by atoms with Crippen LogP contribution >= 0.6 is 0 Å². The molecule has 4 nitrogen and oxygen atoms in total. The lowest BCUT2D eigenvalue weighted by atomic mass is 9.88. The van der Waals surface area contributed by atoms with Gasteiger partial charge in [-0.15, -0.1) is 0 Å². The number of ketones is 1. The highest BCUT2D eigenvalue weighted by atomic mass is 16.5. The van der Waals surface area contributed by atoms with Crippen molar-refractivity contribution in [3.8, 4) is 16.9 Å². The predicted octanol–water partition coefficient (Wildman–Crippen LogP) is 3.55. The number of hydrogen-bond donors (Lipinski definition) is 1. The van der Waals surface area contributed by atoms with Gasteiger partial charge in [0.2, 0.25) is 0 Å². The Balaban J connectivity index is 1.97. The molecule has 0 aliphatic carbocycles. The highest BCUT2D eigenvalue weighted by molar-refractivity contribution is 6.01. The minimum Gasteiger partial charge on any atom is -0.486 e. The van der Waals surface area contributed by atoms with Crippen LogP contribution in [0.5, 0.6) is 5.75 Å². The third-order valence-corrected chi connectivity index (χ3v) is 3.80. The highest BCUT2D eigenvalue weighted by Gasteiger charge is 2.38. The Labute approximate surface area is 128 Å². The molecule has 112 valence electrons. The number of ether oxygens (including phenoxy) is 1. The van der Waals surface area contributed by atoms with E-state index >= 15 is 0 Å². The van der Waals surface area contributed by atoms with Crippen molar-refractivity contribution in [1.82, 2.24) is 0 Å². The molecule has 2 aromatic rings. The Kier molecular flexibility index (Phi) is 3.45. The topological polar surface area (TPSA) is 63.6 Å². The molecule has 1 atom stereocenters. The van der Waals surface area contributed by atoms with Crippen molar-refractivity contribution in [2.24, 2.45) is 0 Å². The van der Waals surface area contributed by atoms with Gasteiger partial charge >= 0.3 is 5.97 Å². The molecule has 1 unspecified atom stereocenters. The number of carbonyl (C=O) groups excluding carboxylic acids is 1. The number of benzene rings is 2. The fraction of sp³-hybridized carbons (Fsp3) is 0.222. The average molecular weight is 296 g/mol. The molecule has 0 radical (unpaired) electrons. The summed E-state index contributed by atoms with van der Waals surface area (Å²) in [5, 5.41) is 8.97. The van der Waals surface area contributed by atoms with Gasteiger partial charge in [0, 0.05) is 0 Å². The summed E-state index contributed by atoms with van der Waals surface area (Å²) in [5.41, 5.74) is 1.50. The zero-order valence-corrected chi connectivity index (χ0v) is 12.2. The number of carbonyl (C=O) groups is 2. The normalized spacial score (nSPS) is 20.1. The smallest absolute Gasteiger partial charge is 0.307 e. The summed E-state index contributed by atoms with van der Waals surface area (Å²) < 4.78 is 5.79. The molecule has 1 aliphatic heterocycles. The second-order valence-electron chi connectivity index (χ2n) is 5.80.